The maximum absolute atomic E-state index is 12.4. The zero-order valence-corrected chi connectivity index (χ0v) is 15.7. The molecule has 2 aromatic rings. The van der Waals surface area contributed by atoms with E-state index in [2.05, 4.69) is 10.0 Å². The van der Waals surface area contributed by atoms with Gasteiger partial charge in [-0.2, -0.15) is 0 Å². The number of ether oxygens (including phenoxy) is 2. The number of carbonyl (C=O) groups is 1. The van der Waals surface area contributed by atoms with Crippen molar-refractivity contribution in [2.75, 3.05) is 18.4 Å². The Morgan fingerprint density at radius 3 is 2.12 bits per heavy atom. The molecule has 7 nitrogen and oxygen atoms in total. The number of carbonyl (C=O) groups excluding carboxylic acids is 1. The zero-order valence-electron chi connectivity index (χ0n) is 14.9. The summed E-state index contributed by atoms with van der Waals surface area (Å²) in [5.41, 5.74) is 0.427. The molecule has 0 aliphatic carbocycles. The number of hydrogen-bond donors (Lipinski definition) is 2. The van der Waals surface area contributed by atoms with Crippen LogP contribution in [0.3, 0.4) is 0 Å². The van der Waals surface area contributed by atoms with E-state index >= 15 is 0 Å². The monoisotopic (exact) mass is 378 g/mol. The van der Waals surface area contributed by atoms with E-state index in [9.17, 15) is 13.2 Å². The molecule has 0 unspecified atom stereocenters. The van der Waals surface area contributed by atoms with Crippen LogP contribution in [0.2, 0.25) is 0 Å². The van der Waals surface area contributed by atoms with Crippen LogP contribution in [0.5, 0.6) is 11.5 Å². The minimum Gasteiger partial charge on any atom is -0.497 e. The molecule has 0 saturated carbocycles. The number of anilines is 1. The Bertz CT molecular complexity index is 831. The van der Waals surface area contributed by atoms with E-state index in [0.717, 1.165) is 0 Å². The van der Waals surface area contributed by atoms with Gasteiger partial charge in [0, 0.05) is 11.7 Å². The molecule has 0 radical (unpaired) electrons. The van der Waals surface area contributed by atoms with Crippen molar-refractivity contribution in [3.63, 3.8) is 0 Å². The third-order valence-corrected chi connectivity index (χ3v) is 4.69. The van der Waals surface area contributed by atoms with Gasteiger partial charge in [0.1, 0.15) is 11.5 Å². The standard InChI is InChI=1S/C18H22N2O5S/c1-13(2)19-18(21)12-25-16-8-10-17(11-9-16)26(22,23)20-14-4-6-15(24-3)7-5-14/h4-11,13,20H,12H2,1-3H3,(H,19,21). The molecule has 0 bridgehead atoms. The smallest absolute Gasteiger partial charge is 0.261 e. The first-order valence-electron chi connectivity index (χ1n) is 7.99. The number of rotatable bonds is 8. The van der Waals surface area contributed by atoms with Gasteiger partial charge >= 0.3 is 0 Å². The van der Waals surface area contributed by atoms with Crippen molar-refractivity contribution in [3.8, 4) is 11.5 Å². The highest BCUT2D eigenvalue weighted by Gasteiger charge is 2.14. The van der Waals surface area contributed by atoms with E-state index in [0.29, 0.717) is 17.2 Å². The van der Waals surface area contributed by atoms with E-state index in [4.69, 9.17) is 9.47 Å². The van der Waals surface area contributed by atoms with Gasteiger partial charge in [0.05, 0.1) is 12.0 Å². The summed E-state index contributed by atoms with van der Waals surface area (Å²) in [5.74, 6) is 0.807. The summed E-state index contributed by atoms with van der Waals surface area (Å²) in [7, 11) is -2.19. The van der Waals surface area contributed by atoms with Gasteiger partial charge in [0.25, 0.3) is 15.9 Å². The second kappa shape index (κ2) is 8.57. The van der Waals surface area contributed by atoms with Crippen LogP contribution in [-0.2, 0) is 14.8 Å². The van der Waals surface area contributed by atoms with Crippen molar-refractivity contribution in [1.82, 2.24) is 5.32 Å². The first-order chi connectivity index (χ1) is 12.3. The van der Waals surface area contributed by atoms with E-state index in [1.807, 2.05) is 13.8 Å². The fourth-order valence-electron chi connectivity index (χ4n) is 2.10. The molecular weight excluding hydrogens is 356 g/mol. The van der Waals surface area contributed by atoms with Crippen LogP contribution in [0.15, 0.2) is 53.4 Å². The van der Waals surface area contributed by atoms with Gasteiger partial charge in [-0.25, -0.2) is 8.42 Å². The summed E-state index contributed by atoms with van der Waals surface area (Å²) in [6, 6.07) is 12.4. The Labute approximate surface area is 153 Å². The topological polar surface area (TPSA) is 93.7 Å². The van der Waals surface area contributed by atoms with Gasteiger partial charge in [0.2, 0.25) is 0 Å². The second-order valence-electron chi connectivity index (χ2n) is 5.82. The summed E-state index contributed by atoms with van der Waals surface area (Å²) in [6.45, 7) is 3.58. The zero-order chi connectivity index (χ0) is 19.2. The average molecular weight is 378 g/mol. The number of hydrogen-bond acceptors (Lipinski definition) is 5. The second-order valence-corrected chi connectivity index (χ2v) is 7.50. The quantitative estimate of drug-likeness (QED) is 0.736. The number of benzene rings is 2. The summed E-state index contributed by atoms with van der Waals surface area (Å²) >= 11 is 0. The molecule has 2 aromatic carbocycles. The molecule has 140 valence electrons. The van der Waals surface area contributed by atoms with Crippen LogP contribution in [0.25, 0.3) is 0 Å². The maximum atomic E-state index is 12.4. The molecule has 0 saturated heterocycles. The van der Waals surface area contributed by atoms with E-state index in [1.165, 1.54) is 31.4 Å². The van der Waals surface area contributed by atoms with Crippen molar-refractivity contribution in [2.45, 2.75) is 24.8 Å². The largest absolute Gasteiger partial charge is 0.497 e. The van der Waals surface area contributed by atoms with E-state index < -0.39 is 10.0 Å². The van der Waals surface area contributed by atoms with Gasteiger partial charge in [0.15, 0.2) is 6.61 Å². The molecule has 0 heterocycles. The Kier molecular flexibility index (Phi) is 6.46. The van der Waals surface area contributed by atoms with Crippen LogP contribution in [0.4, 0.5) is 5.69 Å². The van der Waals surface area contributed by atoms with Crippen molar-refractivity contribution in [1.29, 1.82) is 0 Å². The van der Waals surface area contributed by atoms with Crippen LogP contribution >= 0.6 is 0 Å². The number of nitrogens with one attached hydrogen (secondary N) is 2. The summed E-state index contributed by atoms with van der Waals surface area (Å²) in [4.78, 5) is 11.6. The number of methoxy groups -OCH3 is 1. The van der Waals surface area contributed by atoms with Crippen LogP contribution in [0.1, 0.15) is 13.8 Å². The molecule has 0 fully saturated rings. The third-order valence-electron chi connectivity index (χ3n) is 3.30. The fraction of sp³-hybridized carbons (Fsp3) is 0.278. The summed E-state index contributed by atoms with van der Waals surface area (Å²) in [5, 5.41) is 2.71. The van der Waals surface area contributed by atoms with Crippen LogP contribution in [0, 0.1) is 0 Å². The van der Waals surface area contributed by atoms with Gasteiger partial charge in [-0.05, 0) is 62.4 Å². The van der Waals surface area contributed by atoms with Crippen molar-refractivity contribution >= 4 is 21.6 Å². The summed E-state index contributed by atoms with van der Waals surface area (Å²) in [6.07, 6.45) is 0. The average Bonchev–Trinajstić information content (AvgIpc) is 2.60. The molecule has 8 heteroatoms. The molecule has 0 aliphatic heterocycles. The number of sulfonamides is 1. The molecule has 2 N–H and O–H groups in total. The highest BCUT2D eigenvalue weighted by atomic mass is 32.2. The molecule has 0 spiro atoms. The minimum absolute atomic E-state index is 0.0302. The fourth-order valence-corrected chi connectivity index (χ4v) is 3.16. The Hall–Kier alpha value is -2.74. The van der Waals surface area contributed by atoms with Gasteiger partial charge < -0.3 is 14.8 Å². The SMILES string of the molecule is COc1ccc(NS(=O)(=O)c2ccc(OCC(=O)NC(C)C)cc2)cc1. The lowest BCUT2D eigenvalue weighted by molar-refractivity contribution is -0.123. The highest BCUT2D eigenvalue weighted by molar-refractivity contribution is 7.92. The van der Waals surface area contributed by atoms with Crippen LogP contribution < -0.4 is 19.5 Å². The van der Waals surface area contributed by atoms with Crippen molar-refractivity contribution < 1.29 is 22.7 Å². The Morgan fingerprint density at radius 1 is 1.00 bits per heavy atom. The molecule has 0 atom stereocenters. The molecule has 2 rings (SSSR count). The van der Waals surface area contributed by atoms with Crippen molar-refractivity contribution in [2.24, 2.45) is 0 Å². The lowest BCUT2D eigenvalue weighted by Gasteiger charge is -2.11. The molecular formula is C18H22N2O5S. The predicted octanol–water partition coefficient (Wildman–Crippen LogP) is 2.40. The van der Waals surface area contributed by atoms with E-state index in [-0.39, 0.29) is 23.5 Å². The molecule has 26 heavy (non-hydrogen) atoms. The number of amides is 1. The molecule has 0 aromatic heterocycles. The summed E-state index contributed by atoms with van der Waals surface area (Å²) < 4.78 is 37.7. The lowest BCUT2D eigenvalue weighted by Crippen LogP contribution is -2.34. The third kappa shape index (κ3) is 5.66. The van der Waals surface area contributed by atoms with Gasteiger partial charge in [-0.3, -0.25) is 9.52 Å². The van der Waals surface area contributed by atoms with Gasteiger partial charge in [-0.1, -0.05) is 0 Å². The van der Waals surface area contributed by atoms with E-state index in [1.54, 1.807) is 24.3 Å². The van der Waals surface area contributed by atoms with Crippen LogP contribution in [-0.4, -0.2) is 34.1 Å². The molecule has 0 aliphatic rings. The van der Waals surface area contributed by atoms with Crippen molar-refractivity contribution in [3.05, 3.63) is 48.5 Å². The maximum Gasteiger partial charge on any atom is 0.261 e. The Morgan fingerprint density at radius 2 is 1.58 bits per heavy atom. The normalized spacial score (nSPS) is 11.1. The first-order valence-corrected chi connectivity index (χ1v) is 9.47. The molecule has 1 amide bonds. The minimum atomic E-state index is -3.72. The first kappa shape index (κ1) is 19.6. The lowest BCUT2D eigenvalue weighted by atomic mass is 10.3. The Balaban J connectivity index is 2.00. The van der Waals surface area contributed by atoms with Gasteiger partial charge in [-0.15, -0.1) is 0 Å². The predicted molar refractivity (Wildman–Crippen MR) is 99.0 cm³/mol. The highest BCUT2D eigenvalue weighted by Crippen LogP contribution is 2.21.